The van der Waals surface area contributed by atoms with Crippen LogP contribution >= 0.6 is 0 Å². The monoisotopic (exact) mass is 102 g/mol. The fraction of sp³-hybridized carbons (Fsp3) is 0.250. The van der Waals surface area contributed by atoms with Crippen LogP contribution in [0.25, 0.3) is 0 Å². The van der Waals surface area contributed by atoms with Gasteiger partial charge in [-0.25, -0.2) is 4.39 Å². The van der Waals surface area contributed by atoms with Gasteiger partial charge in [0.25, 0.3) is 0 Å². The van der Waals surface area contributed by atoms with Crippen LogP contribution in [-0.4, -0.2) is 13.3 Å². The smallest absolute Gasteiger partial charge is 0.137 e. The van der Waals surface area contributed by atoms with Crippen molar-refractivity contribution < 1.29 is 4.39 Å². The molecule has 0 atom stereocenters. The van der Waals surface area contributed by atoms with Crippen molar-refractivity contribution in [3.8, 4) is 0 Å². The van der Waals surface area contributed by atoms with E-state index in [9.17, 15) is 4.39 Å². The van der Waals surface area contributed by atoms with Crippen molar-refractivity contribution in [2.75, 3.05) is 6.54 Å². The Bertz CT molecular complexity index is 87.7. The van der Waals surface area contributed by atoms with Crippen molar-refractivity contribution in [2.45, 2.75) is 0 Å². The summed E-state index contributed by atoms with van der Waals surface area (Å²) in [6.45, 7) is 3.04. The highest BCUT2D eigenvalue weighted by atomic mass is 19.1. The summed E-state index contributed by atoms with van der Waals surface area (Å²) in [5, 5.41) is 0. The van der Waals surface area contributed by atoms with Gasteiger partial charge in [-0.15, -0.1) is 0 Å². The molecule has 0 saturated heterocycles. The lowest BCUT2D eigenvalue weighted by atomic mass is 10.6. The molecule has 2 N–H and O–H groups in total. The average Bonchev–Trinajstić information content (AvgIpc) is 1.68. The second-order valence-corrected chi connectivity index (χ2v) is 0.995. The topological polar surface area (TPSA) is 38.4 Å². The van der Waals surface area contributed by atoms with E-state index < -0.39 is 5.83 Å². The van der Waals surface area contributed by atoms with Gasteiger partial charge >= 0.3 is 0 Å². The standard InChI is InChI=1S/C4H7FN2/c1-7-3-4(5)2-6/h2H,1,3,6H2/b4-2+. The number of hydrogen-bond acceptors (Lipinski definition) is 2. The molecule has 0 amide bonds. The van der Waals surface area contributed by atoms with E-state index in [1.165, 1.54) is 0 Å². The van der Waals surface area contributed by atoms with E-state index in [0.717, 1.165) is 6.20 Å². The number of rotatable bonds is 2. The van der Waals surface area contributed by atoms with Gasteiger partial charge in [-0.3, -0.25) is 4.99 Å². The van der Waals surface area contributed by atoms with E-state index in [1.807, 2.05) is 0 Å². The summed E-state index contributed by atoms with van der Waals surface area (Å²) in [5.74, 6) is -0.449. The second kappa shape index (κ2) is 3.33. The van der Waals surface area contributed by atoms with Gasteiger partial charge in [0.1, 0.15) is 5.83 Å². The van der Waals surface area contributed by atoms with E-state index in [0.29, 0.717) is 0 Å². The van der Waals surface area contributed by atoms with Crippen molar-refractivity contribution in [2.24, 2.45) is 10.7 Å². The Kier molecular flexibility index (Phi) is 2.92. The zero-order valence-corrected chi connectivity index (χ0v) is 3.89. The van der Waals surface area contributed by atoms with Crippen LogP contribution < -0.4 is 5.73 Å². The summed E-state index contributed by atoms with van der Waals surface area (Å²) < 4.78 is 11.7. The SMILES string of the molecule is C=NC/C(F)=C\N. The highest BCUT2D eigenvalue weighted by Crippen LogP contribution is 1.90. The Labute approximate surface area is 41.5 Å². The minimum Gasteiger partial charge on any atom is -0.402 e. The molecular weight excluding hydrogens is 95.1 g/mol. The molecule has 0 bridgehead atoms. The second-order valence-electron chi connectivity index (χ2n) is 0.995. The molecule has 0 aliphatic carbocycles. The van der Waals surface area contributed by atoms with Gasteiger partial charge in [0.15, 0.2) is 0 Å². The Morgan fingerprint density at radius 2 is 2.57 bits per heavy atom. The van der Waals surface area contributed by atoms with Crippen molar-refractivity contribution in [3.63, 3.8) is 0 Å². The fourth-order valence-corrected chi connectivity index (χ4v) is 0.160. The van der Waals surface area contributed by atoms with E-state index in [-0.39, 0.29) is 6.54 Å². The number of hydrogen-bond donors (Lipinski definition) is 1. The van der Waals surface area contributed by atoms with Crippen LogP contribution in [0.5, 0.6) is 0 Å². The first-order valence-electron chi connectivity index (χ1n) is 1.80. The molecule has 0 spiro atoms. The van der Waals surface area contributed by atoms with Crippen LogP contribution in [0.15, 0.2) is 17.0 Å². The first-order chi connectivity index (χ1) is 3.31. The highest BCUT2D eigenvalue weighted by Gasteiger charge is 1.83. The molecule has 0 aliphatic heterocycles. The maximum absolute atomic E-state index is 11.7. The lowest BCUT2D eigenvalue weighted by Gasteiger charge is -1.82. The third-order valence-corrected chi connectivity index (χ3v) is 0.444. The maximum atomic E-state index is 11.7. The van der Waals surface area contributed by atoms with Crippen LogP contribution in [0.4, 0.5) is 4.39 Å². The lowest BCUT2D eigenvalue weighted by molar-refractivity contribution is 0.617. The molecular formula is C4H7FN2. The summed E-state index contributed by atoms with van der Waals surface area (Å²) >= 11 is 0. The molecule has 40 valence electrons. The summed E-state index contributed by atoms with van der Waals surface area (Å²) in [6.07, 6.45) is 0.870. The van der Waals surface area contributed by atoms with Crippen LogP contribution in [0.2, 0.25) is 0 Å². The van der Waals surface area contributed by atoms with Crippen LogP contribution in [0, 0.1) is 0 Å². The molecule has 7 heavy (non-hydrogen) atoms. The zero-order valence-electron chi connectivity index (χ0n) is 3.89. The van der Waals surface area contributed by atoms with Gasteiger partial charge in [0, 0.05) is 6.20 Å². The maximum Gasteiger partial charge on any atom is 0.137 e. The van der Waals surface area contributed by atoms with Gasteiger partial charge in [0.2, 0.25) is 0 Å². The van der Waals surface area contributed by atoms with Gasteiger partial charge in [-0.05, 0) is 6.72 Å². The molecule has 0 aromatic heterocycles. The van der Waals surface area contributed by atoms with E-state index in [4.69, 9.17) is 5.73 Å². The molecule has 0 aliphatic rings. The average molecular weight is 102 g/mol. The van der Waals surface area contributed by atoms with Gasteiger partial charge in [0.05, 0.1) is 6.54 Å². The summed E-state index contributed by atoms with van der Waals surface area (Å²) in [5.41, 5.74) is 4.73. The molecule has 0 saturated carbocycles. The summed E-state index contributed by atoms with van der Waals surface area (Å²) in [6, 6.07) is 0. The Hall–Kier alpha value is -0.860. The van der Waals surface area contributed by atoms with Crippen LogP contribution in [0.3, 0.4) is 0 Å². The first-order valence-corrected chi connectivity index (χ1v) is 1.80. The van der Waals surface area contributed by atoms with Crippen LogP contribution in [0.1, 0.15) is 0 Å². The quantitative estimate of drug-likeness (QED) is 0.505. The zero-order chi connectivity index (χ0) is 5.70. The molecule has 0 rings (SSSR count). The highest BCUT2D eigenvalue weighted by molar-refractivity contribution is 5.24. The van der Waals surface area contributed by atoms with Crippen molar-refractivity contribution in [1.29, 1.82) is 0 Å². The number of aliphatic imine (C=N–C) groups is 1. The minimum absolute atomic E-state index is 0.0174. The Morgan fingerprint density at radius 1 is 2.00 bits per heavy atom. The predicted molar refractivity (Wildman–Crippen MR) is 27.8 cm³/mol. The molecule has 0 aromatic carbocycles. The van der Waals surface area contributed by atoms with Gasteiger partial charge in [-0.1, -0.05) is 0 Å². The van der Waals surface area contributed by atoms with Gasteiger partial charge < -0.3 is 5.73 Å². The molecule has 0 fully saturated rings. The van der Waals surface area contributed by atoms with Crippen LogP contribution in [-0.2, 0) is 0 Å². The molecule has 3 heteroatoms. The van der Waals surface area contributed by atoms with Gasteiger partial charge in [-0.2, -0.15) is 0 Å². The molecule has 0 radical (unpaired) electrons. The van der Waals surface area contributed by atoms with E-state index >= 15 is 0 Å². The third-order valence-electron chi connectivity index (χ3n) is 0.444. The van der Waals surface area contributed by atoms with E-state index in [1.54, 1.807) is 0 Å². The fourth-order valence-electron chi connectivity index (χ4n) is 0.160. The Balaban J connectivity index is 3.36. The number of nitrogens with two attached hydrogens (primary N) is 1. The number of halogens is 1. The summed E-state index contributed by atoms with van der Waals surface area (Å²) in [4.78, 5) is 3.23. The van der Waals surface area contributed by atoms with Crippen molar-refractivity contribution >= 4 is 6.72 Å². The van der Waals surface area contributed by atoms with Crippen molar-refractivity contribution in [3.05, 3.63) is 12.0 Å². The minimum atomic E-state index is -0.449. The largest absolute Gasteiger partial charge is 0.402 e. The normalized spacial score (nSPS) is 11.3. The Morgan fingerprint density at radius 3 is 2.71 bits per heavy atom. The number of nitrogens with zero attached hydrogens (tertiary/aromatic N) is 1. The molecule has 0 heterocycles. The lowest BCUT2D eigenvalue weighted by Crippen LogP contribution is -1.85. The summed E-state index contributed by atoms with van der Waals surface area (Å²) in [7, 11) is 0. The molecule has 2 nitrogen and oxygen atoms in total. The van der Waals surface area contributed by atoms with Crippen molar-refractivity contribution in [1.82, 2.24) is 0 Å². The third kappa shape index (κ3) is 2.96. The van der Waals surface area contributed by atoms with E-state index in [2.05, 4.69) is 11.7 Å². The first kappa shape index (κ1) is 6.14. The molecule has 0 unspecified atom stereocenters. The molecule has 0 aromatic rings. The predicted octanol–water partition coefficient (Wildman–Crippen LogP) is 0.457.